The van der Waals surface area contributed by atoms with Crippen LogP contribution in [-0.2, 0) is 6.61 Å². The van der Waals surface area contributed by atoms with Crippen molar-refractivity contribution in [2.45, 2.75) is 6.61 Å². The van der Waals surface area contributed by atoms with Gasteiger partial charge >= 0.3 is 0 Å². The lowest BCUT2D eigenvalue weighted by molar-refractivity contribution is 0.280. The van der Waals surface area contributed by atoms with Crippen LogP contribution in [0.4, 0.5) is 5.69 Å². The van der Waals surface area contributed by atoms with Crippen LogP contribution in [0.3, 0.4) is 0 Å². The highest BCUT2D eigenvalue weighted by Gasteiger charge is 2.11. The summed E-state index contributed by atoms with van der Waals surface area (Å²) in [5, 5.41) is 9.51. The van der Waals surface area contributed by atoms with Gasteiger partial charge in [0.2, 0.25) is 0 Å². The largest absolute Gasteiger partial charge is 0.493 e. The summed E-state index contributed by atoms with van der Waals surface area (Å²) < 4.78 is 10.9. The third kappa shape index (κ3) is 2.92. The van der Waals surface area contributed by atoms with E-state index >= 15 is 0 Å². The molecule has 0 spiro atoms. The first-order valence-corrected chi connectivity index (χ1v) is 6.03. The highest BCUT2D eigenvalue weighted by atomic mass is 35.5. The van der Waals surface area contributed by atoms with Gasteiger partial charge in [-0.25, -0.2) is 0 Å². The van der Waals surface area contributed by atoms with Crippen LogP contribution < -0.4 is 15.2 Å². The predicted molar refractivity (Wildman–Crippen MR) is 74.9 cm³/mol. The lowest BCUT2D eigenvalue weighted by Gasteiger charge is -2.13. The van der Waals surface area contributed by atoms with Gasteiger partial charge in [0.1, 0.15) is 0 Å². The van der Waals surface area contributed by atoms with E-state index in [0.29, 0.717) is 28.0 Å². The van der Waals surface area contributed by atoms with Gasteiger partial charge in [0.25, 0.3) is 0 Å². The van der Waals surface area contributed by atoms with Crippen LogP contribution in [-0.4, -0.2) is 12.2 Å². The van der Waals surface area contributed by atoms with Gasteiger partial charge in [0.15, 0.2) is 17.2 Å². The minimum Gasteiger partial charge on any atom is -0.493 e. The number of ether oxygens (including phenoxy) is 2. The second-order valence-electron chi connectivity index (χ2n) is 3.90. The first-order valence-electron chi connectivity index (χ1n) is 5.65. The number of para-hydroxylation sites is 1. The lowest BCUT2D eigenvalue weighted by Crippen LogP contribution is -1.96. The van der Waals surface area contributed by atoms with E-state index in [4.69, 9.17) is 31.9 Å². The fourth-order valence-electron chi connectivity index (χ4n) is 1.64. The molecule has 4 nitrogen and oxygen atoms in total. The molecule has 0 saturated heterocycles. The van der Waals surface area contributed by atoms with E-state index in [1.807, 2.05) is 0 Å². The van der Waals surface area contributed by atoms with Crippen molar-refractivity contribution in [1.82, 2.24) is 0 Å². The summed E-state index contributed by atoms with van der Waals surface area (Å²) in [7, 11) is 1.53. The first-order chi connectivity index (χ1) is 9.15. The summed E-state index contributed by atoms with van der Waals surface area (Å²) in [6, 6.07) is 10.3. The number of anilines is 1. The Morgan fingerprint density at radius 2 is 2.00 bits per heavy atom. The van der Waals surface area contributed by atoms with Crippen molar-refractivity contribution in [3.05, 3.63) is 47.0 Å². The predicted octanol–water partition coefficient (Wildman–Crippen LogP) is 3.22. The van der Waals surface area contributed by atoms with Crippen molar-refractivity contribution in [3.63, 3.8) is 0 Å². The molecule has 0 unspecified atom stereocenters. The van der Waals surface area contributed by atoms with E-state index in [-0.39, 0.29) is 6.61 Å². The maximum atomic E-state index is 9.09. The van der Waals surface area contributed by atoms with E-state index < -0.39 is 0 Å². The van der Waals surface area contributed by atoms with Crippen LogP contribution in [0.5, 0.6) is 17.2 Å². The Bertz CT molecular complexity index is 567. The molecule has 3 N–H and O–H groups in total. The maximum Gasteiger partial charge on any atom is 0.169 e. The topological polar surface area (TPSA) is 64.7 Å². The second kappa shape index (κ2) is 5.82. The average molecular weight is 280 g/mol. The molecular formula is C14H14ClNO3. The molecule has 5 heteroatoms. The Hall–Kier alpha value is -1.91. The van der Waals surface area contributed by atoms with Crippen LogP contribution >= 0.6 is 11.6 Å². The van der Waals surface area contributed by atoms with Crippen LogP contribution in [0, 0.1) is 0 Å². The van der Waals surface area contributed by atoms with Crippen molar-refractivity contribution in [1.29, 1.82) is 0 Å². The first kappa shape index (κ1) is 13.5. The number of rotatable bonds is 4. The van der Waals surface area contributed by atoms with Crippen LogP contribution in [0.25, 0.3) is 0 Å². The summed E-state index contributed by atoms with van der Waals surface area (Å²) in [5.41, 5.74) is 7.00. The van der Waals surface area contributed by atoms with Crippen molar-refractivity contribution in [2.24, 2.45) is 0 Å². The molecule has 2 rings (SSSR count). The van der Waals surface area contributed by atoms with Crippen LogP contribution in [0.2, 0.25) is 5.02 Å². The molecule has 0 aromatic heterocycles. The summed E-state index contributed by atoms with van der Waals surface area (Å²) in [6.07, 6.45) is 0. The zero-order valence-electron chi connectivity index (χ0n) is 10.4. The number of hydrogen-bond donors (Lipinski definition) is 2. The van der Waals surface area contributed by atoms with Crippen molar-refractivity contribution in [3.8, 4) is 17.2 Å². The maximum absolute atomic E-state index is 9.09. The zero-order valence-corrected chi connectivity index (χ0v) is 11.1. The molecule has 0 aliphatic carbocycles. The number of aliphatic hydroxyl groups excluding tert-OH is 1. The fraction of sp³-hybridized carbons (Fsp3) is 0.143. The third-order valence-electron chi connectivity index (χ3n) is 2.62. The monoisotopic (exact) mass is 279 g/mol. The molecule has 0 radical (unpaired) electrons. The van der Waals surface area contributed by atoms with E-state index in [9.17, 15) is 0 Å². The van der Waals surface area contributed by atoms with Crippen molar-refractivity contribution >= 4 is 17.3 Å². The van der Waals surface area contributed by atoms with E-state index in [2.05, 4.69) is 0 Å². The molecule has 0 aliphatic heterocycles. The molecular weight excluding hydrogens is 266 g/mol. The van der Waals surface area contributed by atoms with Gasteiger partial charge in [-0.2, -0.15) is 0 Å². The van der Waals surface area contributed by atoms with Crippen LogP contribution in [0.1, 0.15) is 5.56 Å². The standard InChI is InChI=1S/C14H14ClNO3/c1-18-13-7-9(8-17)5-6-12(13)19-14-10(15)3-2-4-11(14)16/h2-7,17H,8,16H2,1H3. The van der Waals surface area contributed by atoms with Gasteiger partial charge in [-0.3, -0.25) is 0 Å². The van der Waals surface area contributed by atoms with Crippen LogP contribution in [0.15, 0.2) is 36.4 Å². The average Bonchev–Trinajstić information content (AvgIpc) is 2.43. The number of hydrogen-bond acceptors (Lipinski definition) is 4. The summed E-state index contributed by atoms with van der Waals surface area (Å²) in [5.74, 6) is 1.38. The number of nitrogen functional groups attached to an aromatic ring is 1. The quantitative estimate of drug-likeness (QED) is 0.844. The number of methoxy groups -OCH3 is 1. The molecule has 0 amide bonds. The molecule has 0 heterocycles. The minimum atomic E-state index is -0.0646. The van der Waals surface area contributed by atoms with Crippen molar-refractivity contribution < 1.29 is 14.6 Å². The van der Waals surface area contributed by atoms with Crippen molar-refractivity contribution in [2.75, 3.05) is 12.8 Å². The van der Waals surface area contributed by atoms with Gasteiger partial charge in [-0.1, -0.05) is 23.7 Å². The third-order valence-corrected chi connectivity index (χ3v) is 2.92. The fourth-order valence-corrected chi connectivity index (χ4v) is 1.86. The van der Waals surface area contributed by atoms with Gasteiger partial charge in [0, 0.05) is 0 Å². The Kier molecular flexibility index (Phi) is 4.14. The number of benzene rings is 2. The smallest absolute Gasteiger partial charge is 0.169 e. The SMILES string of the molecule is COc1cc(CO)ccc1Oc1c(N)cccc1Cl. The lowest BCUT2D eigenvalue weighted by atomic mass is 10.2. The molecule has 2 aromatic rings. The number of nitrogens with two attached hydrogens (primary N) is 1. The molecule has 0 bridgehead atoms. The minimum absolute atomic E-state index is 0.0646. The Labute approximate surface area is 116 Å². The molecule has 2 aromatic carbocycles. The number of halogens is 1. The molecule has 0 saturated carbocycles. The molecule has 19 heavy (non-hydrogen) atoms. The summed E-state index contributed by atoms with van der Waals surface area (Å²) >= 11 is 6.05. The van der Waals surface area contributed by atoms with E-state index in [1.165, 1.54) is 7.11 Å². The van der Waals surface area contributed by atoms with E-state index in [0.717, 1.165) is 5.56 Å². The molecule has 0 fully saturated rings. The Balaban J connectivity index is 2.38. The van der Waals surface area contributed by atoms with Gasteiger partial charge in [0.05, 0.1) is 24.4 Å². The zero-order chi connectivity index (χ0) is 13.8. The Morgan fingerprint density at radius 3 is 2.63 bits per heavy atom. The number of aliphatic hydroxyl groups is 1. The van der Waals surface area contributed by atoms with Gasteiger partial charge < -0.3 is 20.3 Å². The highest BCUT2D eigenvalue weighted by molar-refractivity contribution is 6.32. The normalized spacial score (nSPS) is 10.3. The Morgan fingerprint density at radius 1 is 1.21 bits per heavy atom. The van der Waals surface area contributed by atoms with Gasteiger partial charge in [-0.15, -0.1) is 0 Å². The summed E-state index contributed by atoms with van der Waals surface area (Å²) in [4.78, 5) is 0. The molecule has 0 aliphatic rings. The second-order valence-corrected chi connectivity index (χ2v) is 4.31. The van der Waals surface area contributed by atoms with Gasteiger partial charge in [-0.05, 0) is 29.8 Å². The highest BCUT2D eigenvalue weighted by Crippen LogP contribution is 2.38. The molecule has 0 atom stereocenters. The van der Waals surface area contributed by atoms with E-state index in [1.54, 1.807) is 36.4 Å². The molecule has 100 valence electrons. The summed E-state index contributed by atoms with van der Waals surface area (Å²) in [6.45, 7) is -0.0646.